The van der Waals surface area contributed by atoms with Crippen LogP contribution in [0.1, 0.15) is 17.5 Å². The van der Waals surface area contributed by atoms with Crippen molar-refractivity contribution < 1.29 is 18.3 Å². The van der Waals surface area contributed by atoms with E-state index in [4.69, 9.17) is 0 Å². The Morgan fingerprint density at radius 1 is 1.38 bits per heavy atom. The lowest BCUT2D eigenvalue weighted by Crippen LogP contribution is -2.10. The summed E-state index contributed by atoms with van der Waals surface area (Å²) in [6, 6.07) is 5.00. The van der Waals surface area contributed by atoms with E-state index in [0.717, 1.165) is 12.1 Å². The molecule has 0 bridgehead atoms. The number of alkyl halides is 3. The van der Waals surface area contributed by atoms with Crippen molar-refractivity contribution >= 4 is 0 Å². The molecule has 0 heterocycles. The monoisotopic (exact) mass is 230 g/mol. The van der Waals surface area contributed by atoms with Crippen LogP contribution in [0.25, 0.3) is 0 Å². The predicted molar refractivity (Wildman–Crippen MR) is 56.0 cm³/mol. The van der Waals surface area contributed by atoms with Gasteiger partial charge in [-0.25, -0.2) is 0 Å². The minimum Gasteiger partial charge on any atom is -0.392 e. The molecule has 0 fully saturated rings. The normalized spacial score (nSPS) is 13.5. The van der Waals surface area contributed by atoms with E-state index in [0.29, 0.717) is 12.0 Å². The molecule has 0 aliphatic carbocycles. The Hall–Kier alpha value is -1.29. The van der Waals surface area contributed by atoms with Gasteiger partial charge in [0.2, 0.25) is 0 Å². The molecule has 0 radical (unpaired) electrons. The van der Waals surface area contributed by atoms with Gasteiger partial charge in [-0.15, -0.1) is 6.58 Å². The van der Waals surface area contributed by atoms with Gasteiger partial charge in [0.1, 0.15) is 0 Å². The molecule has 1 N–H and O–H groups in total. The van der Waals surface area contributed by atoms with E-state index >= 15 is 0 Å². The van der Waals surface area contributed by atoms with Crippen LogP contribution in [0.3, 0.4) is 0 Å². The fourth-order valence-electron chi connectivity index (χ4n) is 1.42. The summed E-state index contributed by atoms with van der Waals surface area (Å²) in [7, 11) is 0. The number of aliphatic hydroxyl groups excluding tert-OH is 1. The molecule has 0 saturated carbocycles. The molecule has 0 amide bonds. The van der Waals surface area contributed by atoms with Gasteiger partial charge in [-0.2, -0.15) is 13.2 Å². The van der Waals surface area contributed by atoms with Crippen LogP contribution in [0.2, 0.25) is 0 Å². The lowest BCUT2D eigenvalue weighted by atomic mass is 10.0. The van der Waals surface area contributed by atoms with Crippen molar-refractivity contribution in [2.45, 2.75) is 25.1 Å². The van der Waals surface area contributed by atoms with Crippen molar-refractivity contribution in [3.8, 4) is 0 Å². The summed E-state index contributed by atoms with van der Waals surface area (Å²) >= 11 is 0. The van der Waals surface area contributed by atoms with Crippen molar-refractivity contribution in [1.82, 2.24) is 0 Å². The molecule has 0 aliphatic heterocycles. The van der Waals surface area contributed by atoms with Crippen molar-refractivity contribution in [2.24, 2.45) is 0 Å². The first-order valence-corrected chi connectivity index (χ1v) is 4.88. The van der Waals surface area contributed by atoms with Crippen molar-refractivity contribution in [2.75, 3.05) is 0 Å². The predicted octanol–water partition coefficient (Wildman–Crippen LogP) is 3.18. The van der Waals surface area contributed by atoms with Crippen LogP contribution >= 0.6 is 0 Å². The Kier molecular flexibility index (Phi) is 4.12. The van der Waals surface area contributed by atoms with E-state index in [1.807, 2.05) is 0 Å². The molecule has 0 unspecified atom stereocenters. The Bertz CT molecular complexity index is 358. The Morgan fingerprint density at radius 2 is 2.06 bits per heavy atom. The van der Waals surface area contributed by atoms with Crippen molar-refractivity contribution in [1.29, 1.82) is 0 Å². The molecule has 0 aromatic heterocycles. The first kappa shape index (κ1) is 12.8. The first-order chi connectivity index (χ1) is 7.43. The summed E-state index contributed by atoms with van der Waals surface area (Å²) in [4.78, 5) is 0. The van der Waals surface area contributed by atoms with Gasteiger partial charge >= 0.3 is 6.18 Å². The van der Waals surface area contributed by atoms with Crippen LogP contribution in [-0.2, 0) is 12.6 Å². The molecule has 0 aliphatic rings. The zero-order valence-electron chi connectivity index (χ0n) is 8.67. The van der Waals surface area contributed by atoms with Crippen LogP contribution in [0.5, 0.6) is 0 Å². The second-order valence-corrected chi connectivity index (χ2v) is 3.58. The Labute approximate surface area is 92.2 Å². The average Bonchev–Trinajstić information content (AvgIpc) is 2.17. The molecule has 4 heteroatoms. The number of aliphatic hydroxyl groups is 1. The molecule has 1 rings (SSSR count). The number of halogens is 3. The average molecular weight is 230 g/mol. The maximum Gasteiger partial charge on any atom is 0.416 e. The summed E-state index contributed by atoms with van der Waals surface area (Å²) in [5.74, 6) is 0. The van der Waals surface area contributed by atoms with Gasteiger partial charge in [0, 0.05) is 0 Å². The zero-order valence-corrected chi connectivity index (χ0v) is 8.67. The standard InChI is InChI=1S/C12H13F3O/c1-2-4-11(16)8-9-5-3-6-10(7-9)12(13,14)15/h2-3,5-7,11,16H,1,4,8H2/t11-/m1/s1. The highest BCUT2D eigenvalue weighted by molar-refractivity contribution is 5.26. The fourth-order valence-corrected chi connectivity index (χ4v) is 1.42. The summed E-state index contributed by atoms with van der Waals surface area (Å²) in [5.41, 5.74) is -0.208. The van der Waals surface area contributed by atoms with E-state index in [-0.39, 0.29) is 6.42 Å². The lowest BCUT2D eigenvalue weighted by Gasteiger charge is -2.11. The second-order valence-electron chi connectivity index (χ2n) is 3.58. The van der Waals surface area contributed by atoms with Crippen LogP contribution in [0.15, 0.2) is 36.9 Å². The van der Waals surface area contributed by atoms with Gasteiger partial charge < -0.3 is 5.11 Å². The van der Waals surface area contributed by atoms with Crippen LogP contribution in [0, 0.1) is 0 Å². The molecule has 88 valence electrons. The number of hydrogen-bond donors (Lipinski definition) is 1. The summed E-state index contributed by atoms with van der Waals surface area (Å²) in [6.07, 6.45) is -2.90. The first-order valence-electron chi connectivity index (χ1n) is 4.88. The van der Waals surface area contributed by atoms with E-state index in [2.05, 4.69) is 6.58 Å². The van der Waals surface area contributed by atoms with E-state index < -0.39 is 17.8 Å². The molecule has 1 aromatic carbocycles. The molecular formula is C12H13F3O. The highest BCUT2D eigenvalue weighted by Crippen LogP contribution is 2.29. The number of benzene rings is 1. The number of hydrogen-bond acceptors (Lipinski definition) is 1. The second kappa shape index (κ2) is 5.16. The molecule has 1 aromatic rings. The van der Waals surface area contributed by atoms with Crippen LogP contribution < -0.4 is 0 Å². The lowest BCUT2D eigenvalue weighted by molar-refractivity contribution is -0.137. The minimum atomic E-state index is -4.33. The summed E-state index contributed by atoms with van der Waals surface area (Å²) < 4.78 is 37.1. The summed E-state index contributed by atoms with van der Waals surface area (Å²) in [5, 5.41) is 9.44. The Balaban J connectivity index is 2.79. The molecule has 16 heavy (non-hydrogen) atoms. The third-order valence-electron chi connectivity index (χ3n) is 2.16. The highest BCUT2D eigenvalue weighted by atomic mass is 19.4. The van der Waals surface area contributed by atoms with Crippen molar-refractivity contribution in [3.05, 3.63) is 48.0 Å². The van der Waals surface area contributed by atoms with Gasteiger partial charge in [-0.05, 0) is 24.5 Å². The molecule has 1 nitrogen and oxygen atoms in total. The minimum absolute atomic E-state index is 0.204. The van der Waals surface area contributed by atoms with Crippen LogP contribution in [-0.4, -0.2) is 11.2 Å². The van der Waals surface area contributed by atoms with E-state index in [1.165, 1.54) is 12.1 Å². The SMILES string of the molecule is C=CC[C@@H](O)Cc1cccc(C(F)(F)F)c1. The van der Waals surface area contributed by atoms with Gasteiger partial charge in [-0.1, -0.05) is 24.3 Å². The molecule has 0 spiro atoms. The Morgan fingerprint density at radius 3 is 2.62 bits per heavy atom. The van der Waals surface area contributed by atoms with Gasteiger partial charge in [-0.3, -0.25) is 0 Å². The van der Waals surface area contributed by atoms with Crippen molar-refractivity contribution in [3.63, 3.8) is 0 Å². The topological polar surface area (TPSA) is 20.2 Å². The van der Waals surface area contributed by atoms with Crippen LogP contribution in [0.4, 0.5) is 13.2 Å². The van der Waals surface area contributed by atoms with E-state index in [1.54, 1.807) is 6.07 Å². The maximum atomic E-state index is 12.4. The maximum absolute atomic E-state index is 12.4. The third kappa shape index (κ3) is 3.70. The largest absolute Gasteiger partial charge is 0.416 e. The summed E-state index contributed by atoms with van der Waals surface area (Å²) in [6.45, 7) is 3.46. The van der Waals surface area contributed by atoms with Gasteiger partial charge in [0.25, 0.3) is 0 Å². The third-order valence-corrected chi connectivity index (χ3v) is 2.16. The van der Waals surface area contributed by atoms with E-state index in [9.17, 15) is 18.3 Å². The smallest absolute Gasteiger partial charge is 0.392 e. The molecule has 1 atom stereocenters. The quantitative estimate of drug-likeness (QED) is 0.787. The highest BCUT2D eigenvalue weighted by Gasteiger charge is 2.30. The molecular weight excluding hydrogens is 217 g/mol. The zero-order chi connectivity index (χ0) is 12.2. The molecule has 0 saturated heterocycles. The van der Waals surface area contributed by atoms with Gasteiger partial charge in [0.05, 0.1) is 11.7 Å². The fraction of sp³-hybridized carbons (Fsp3) is 0.333. The van der Waals surface area contributed by atoms with Gasteiger partial charge in [0.15, 0.2) is 0 Å². The number of rotatable bonds is 4.